The van der Waals surface area contributed by atoms with E-state index in [-0.39, 0.29) is 0 Å². The van der Waals surface area contributed by atoms with E-state index in [1.165, 1.54) is 6.42 Å². The van der Waals surface area contributed by atoms with Crippen LogP contribution in [0.5, 0.6) is 0 Å². The van der Waals surface area contributed by atoms with Crippen LogP contribution >= 0.6 is 0 Å². The van der Waals surface area contributed by atoms with E-state index in [1.807, 2.05) is 6.92 Å². The molecule has 0 aromatic rings. The van der Waals surface area contributed by atoms with Gasteiger partial charge in [-0.15, -0.1) is 0 Å². The summed E-state index contributed by atoms with van der Waals surface area (Å²) in [6, 6.07) is 0. The van der Waals surface area contributed by atoms with Gasteiger partial charge in [0.2, 0.25) is 0 Å². The van der Waals surface area contributed by atoms with Gasteiger partial charge in [0.1, 0.15) is 0 Å². The van der Waals surface area contributed by atoms with Crippen molar-refractivity contribution in [2.45, 2.75) is 32.8 Å². The molecule has 11 heavy (non-hydrogen) atoms. The monoisotopic (exact) mass is 157 g/mol. The summed E-state index contributed by atoms with van der Waals surface area (Å²) >= 11 is 0. The van der Waals surface area contributed by atoms with E-state index in [1.54, 1.807) is 0 Å². The first-order chi connectivity index (χ1) is 5.08. The molecule has 0 bridgehead atoms. The molecule has 2 nitrogen and oxygen atoms in total. The molecule has 0 radical (unpaired) electrons. The van der Waals surface area contributed by atoms with E-state index < -0.39 is 5.60 Å². The molecule has 1 rings (SSSR count). The van der Waals surface area contributed by atoms with Crippen LogP contribution in [0.3, 0.4) is 0 Å². The molecule has 0 amide bonds. The van der Waals surface area contributed by atoms with Crippen LogP contribution < -0.4 is 5.32 Å². The predicted octanol–water partition coefficient (Wildman–Crippen LogP) is 1.00. The van der Waals surface area contributed by atoms with Crippen LogP contribution in [0, 0.1) is 11.8 Å². The fourth-order valence-corrected chi connectivity index (χ4v) is 1.70. The Labute approximate surface area is 69.0 Å². The molecule has 0 aromatic carbocycles. The molecule has 0 spiro atoms. The summed E-state index contributed by atoms with van der Waals surface area (Å²) in [5.74, 6) is 1.25. The largest absolute Gasteiger partial charge is 0.389 e. The molecule has 0 saturated heterocycles. The lowest BCUT2D eigenvalue weighted by Crippen LogP contribution is -2.40. The molecule has 1 aliphatic carbocycles. The predicted molar refractivity (Wildman–Crippen MR) is 46.4 cm³/mol. The Balaban J connectivity index is 2.28. The summed E-state index contributed by atoms with van der Waals surface area (Å²) < 4.78 is 0. The normalized spacial score (nSPS) is 34.9. The molecule has 1 aliphatic rings. The Morgan fingerprint density at radius 3 is 2.55 bits per heavy atom. The first-order valence-corrected chi connectivity index (χ1v) is 4.51. The van der Waals surface area contributed by atoms with Crippen molar-refractivity contribution in [2.75, 3.05) is 13.1 Å². The highest BCUT2D eigenvalue weighted by molar-refractivity contribution is 4.97. The van der Waals surface area contributed by atoms with Crippen LogP contribution in [0.15, 0.2) is 0 Å². The van der Waals surface area contributed by atoms with Gasteiger partial charge in [-0.2, -0.15) is 0 Å². The van der Waals surface area contributed by atoms with Crippen LogP contribution in [0.4, 0.5) is 0 Å². The fourth-order valence-electron chi connectivity index (χ4n) is 1.70. The number of hydrogen-bond acceptors (Lipinski definition) is 2. The molecular formula is C9H19NO. The molecule has 1 fully saturated rings. The summed E-state index contributed by atoms with van der Waals surface area (Å²) in [5, 5.41) is 13.1. The van der Waals surface area contributed by atoms with Gasteiger partial charge in [-0.05, 0) is 31.7 Å². The molecule has 3 unspecified atom stereocenters. The average Bonchev–Trinajstić information content (AvgIpc) is 2.63. The summed E-state index contributed by atoms with van der Waals surface area (Å²) in [6.07, 6.45) is 1.19. The van der Waals surface area contributed by atoms with Crippen molar-refractivity contribution in [3.8, 4) is 0 Å². The van der Waals surface area contributed by atoms with E-state index in [4.69, 9.17) is 0 Å². The van der Waals surface area contributed by atoms with Gasteiger partial charge in [0.25, 0.3) is 0 Å². The third-order valence-corrected chi connectivity index (χ3v) is 2.64. The SMILES string of the molecule is CCNCC(C)(O)C1CC1C. The summed E-state index contributed by atoms with van der Waals surface area (Å²) in [5.41, 5.74) is -0.477. The second kappa shape index (κ2) is 3.11. The fraction of sp³-hybridized carbons (Fsp3) is 1.00. The van der Waals surface area contributed by atoms with Crippen molar-refractivity contribution >= 4 is 0 Å². The maximum atomic E-state index is 9.89. The standard InChI is InChI=1S/C9H19NO/c1-4-10-6-9(3,11)8-5-7(8)2/h7-8,10-11H,4-6H2,1-3H3. The summed E-state index contributed by atoms with van der Waals surface area (Å²) in [4.78, 5) is 0. The average molecular weight is 157 g/mol. The van der Waals surface area contributed by atoms with Crippen molar-refractivity contribution in [2.24, 2.45) is 11.8 Å². The maximum Gasteiger partial charge on any atom is 0.0774 e. The molecule has 66 valence electrons. The Bertz CT molecular complexity index is 134. The second-order valence-electron chi connectivity index (χ2n) is 3.96. The first-order valence-electron chi connectivity index (χ1n) is 4.51. The van der Waals surface area contributed by atoms with E-state index in [0.717, 1.165) is 19.0 Å². The first kappa shape index (κ1) is 9.01. The third kappa shape index (κ3) is 2.17. The minimum atomic E-state index is -0.477. The smallest absolute Gasteiger partial charge is 0.0774 e. The van der Waals surface area contributed by atoms with Crippen molar-refractivity contribution in [1.82, 2.24) is 5.32 Å². The van der Waals surface area contributed by atoms with Gasteiger partial charge in [0.15, 0.2) is 0 Å². The van der Waals surface area contributed by atoms with Crippen molar-refractivity contribution < 1.29 is 5.11 Å². The van der Waals surface area contributed by atoms with Gasteiger partial charge in [-0.3, -0.25) is 0 Å². The molecule has 0 aromatic heterocycles. The minimum absolute atomic E-state index is 0.477. The Morgan fingerprint density at radius 2 is 2.18 bits per heavy atom. The molecule has 0 aliphatic heterocycles. The van der Waals surface area contributed by atoms with Gasteiger partial charge in [-0.1, -0.05) is 13.8 Å². The number of hydrogen-bond donors (Lipinski definition) is 2. The number of likely N-dealkylation sites (N-methyl/N-ethyl adjacent to an activating group) is 1. The van der Waals surface area contributed by atoms with Gasteiger partial charge in [-0.25, -0.2) is 0 Å². The number of aliphatic hydroxyl groups is 1. The number of nitrogens with one attached hydrogen (secondary N) is 1. The van der Waals surface area contributed by atoms with Gasteiger partial charge in [0, 0.05) is 6.54 Å². The van der Waals surface area contributed by atoms with Crippen LogP contribution in [-0.4, -0.2) is 23.8 Å². The molecule has 1 saturated carbocycles. The highest BCUT2D eigenvalue weighted by atomic mass is 16.3. The minimum Gasteiger partial charge on any atom is -0.389 e. The Hall–Kier alpha value is -0.0800. The number of rotatable bonds is 4. The zero-order valence-corrected chi connectivity index (χ0v) is 7.72. The van der Waals surface area contributed by atoms with E-state index >= 15 is 0 Å². The Kier molecular flexibility index (Phi) is 2.55. The second-order valence-corrected chi connectivity index (χ2v) is 3.96. The zero-order valence-electron chi connectivity index (χ0n) is 7.72. The van der Waals surface area contributed by atoms with E-state index in [9.17, 15) is 5.11 Å². The van der Waals surface area contributed by atoms with Gasteiger partial charge >= 0.3 is 0 Å². The molecule has 3 atom stereocenters. The summed E-state index contributed by atoms with van der Waals surface area (Å²) in [6.45, 7) is 7.87. The topological polar surface area (TPSA) is 32.3 Å². The quantitative estimate of drug-likeness (QED) is 0.638. The maximum absolute atomic E-state index is 9.89. The van der Waals surface area contributed by atoms with Crippen molar-refractivity contribution in [3.05, 3.63) is 0 Å². The molecule has 2 N–H and O–H groups in total. The molecule has 2 heteroatoms. The molecule has 0 heterocycles. The Morgan fingerprint density at radius 1 is 1.64 bits per heavy atom. The lowest BCUT2D eigenvalue weighted by molar-refractivity contribution is 0.0330. The lowest BCUT2D eigenvalue weighted by atomic mass is 9.99. The summed E-state index contributed by atoms with van der Waals surface area (Å²) in [7, 11) is 0. The van der Waals surface area contributed by atoms with Crippen LogP contribution in [-0.2, 0) is 0 Å². The third-order valence-electron chi connectivity index (χ3n) is 2.64. The van der Waals surface area contributed by atoms with Crippen molar-refractivity contribution in [1.29, 1.82) is 0 Å². The molecular weight excluding hydrogens is 138 g/mol. The van der Waals surface area contributed by atoms with E-state index in [2.05, 4.69) is 19.2 Å². The lowest BCUT2D eigenvalue weighted by Gasteiger charge is -2.23. The van der Waals surface area contributed by atoms with Gasteiger partial charge in [0.05, 0.1) is 5.60 Å². The van der Waals surface area contributed by atoms with Crippen LogP contribution in [0.2, 0.25) is 0 Å². The van der Waals surface area contributed by atoms with Crippen molar-refractivity contribution in [3.63, 3.8) is 0 Å². The zero-order chi connectivity index (χ0) is 8.48. The van der Waals surface area contributed by atoms with Crippen LogP contribution in [0.25, 0.3) is 0 Å². The van der Waals surface area contributed by atoms with Gasteiger partial charge < -0.3 is 10.4 Å². The highest BCUT2D eigenvalue weighted by Crippen LogP contribution is 2.45. The highest BCUT2D eigenvalue weighted by Gasteiger charge is 2.45. The van der Waals surface area contributed by atoms with Crippen LogP contribution in [0.1, 0.15) is 27.2 Å². The van der Waals surface area contributed by atoms with E-state index in [0.29, 0.717) is 5.92 Å².